The summed E-state index contributed by atoms with van der Waals surface area (Å²) < 4.78 is 5.54. The highest BCUT2D eigenvalue weighted by molar-refractivity contribution is 5.98. The quantitative estimate of drug-likeness (QED) is 0.469. The van der Waals surface area contributed by atoms with E-state index in [4.69, 9.17) is 9.94 Å². The fourth-order valence-corrected chi connectivity index (χ4v) is 1.20. The number of nitrogens with zero attached hydrogens (tertiary/aromatic N) is 2. The van der Waals surface area contributed by atoms with Crippen molar-refractivity contribution in [3.8, 4) is 5.75 Å². The van der Waals surface area contributed by atoms with Crippen molar-refractivity contribution in [2.24, 2.45) is 5.16 Å². The number of benzene rings is 1. The standard InChI is InChI=1S/C12H18N2O2/c1-10(13-15)11-4-6-12(7-5-11)16-9-8-14(2)3/h4-7,15H,8-9H2,1-3H3/b13-10-. The van der Waals surface area contributed by atoms with Crippen molar-refractivity contribution in [3.05, 3.63) is 29.8 Å². The van der Waals surface area contributed by atoms with Crippen molar-refractivity contribution in [2.75, 3.05) is 27.2 Å². The first-order valence-electron chi connectivity index (χ1n) is 5.20. The van der Waals surface area contributed by atoms with E-state index < -0.39 is 0 Å². The number of oxime groups is 1. The van der Waals surface area contributed by atoms with Gasteiger partial charge in [-0.3, -0.25) is 0 Å². The van der Waals surface area contributed by atoms with Gasteiger partial charge in [0.2, 0.25) is 0 Å². The first-order valence-corrected chi connectivity index (χ1v) is 5.20. The van der Waals surface area contributed by atoms with Crippen molar-refractivity contribution in [3.63, 3.8) is 0 Å². The van der Waals surface area contributed by atoms with Crippen molar-refractivity contribution < 1.29 is 9.94 Å². The van der Waals surface area contributed by atoms with Crippen LogP contribution in [0.4, 0.5) is 0 Å². The Balaban J connectivity index is 2.52. The van der Waals surface area contributed by atoms with Crippen molar-refractivity contribution in [1.29, 1.82) is 0 Å². The van der Waals surface area contributed by atoms with Crippen molar-refractivity contribution in [2.45, 2.75) is 6.92 Å². The van der Waals surface area contributed by atoms with E-state index in [0.717, 1.165) is 17.9 Å². The Kier molecular flexibility index (Phi) is 4.79. The van der Waals surface area contributed by atoms with Gasteiger partial charge in [0, 0.05) is 6.54 Å². The number of rotatable bonds is 5. The second-order valence-corrected chi connectivity index (χ2v) is 3.86. The lowest BCUT2D eigenvalue weighted by Crippen LogP contribution is -2.19. The van der Waals surface area contributed by atoms with Gasteiger partial charge in [-0.05, 0) is 50.8 Å². The molecule has 0 aliphatic heterocycles. The van der Waals surface area contributed by atoms with Crippen LogP contribution in [-0.2, 0) is 0 Å². The summed E-state index contributed by atoms with van der Waals surface area (Å²) in [7, 11) is 4.01. The van der Waals surface area contributed by atoms with Crippen molar-refractivity contribution in [1.82, 2.24) is 4.90 Å². The maximum atomic E-state index is 8.61. The van der Waals surface area contributed by atoms with E-state index >= 15 is 0 Å². The lowest BCUT2D eigenvalue weighted by atomic mass is 10.1. The normalized spacial score (nSPS) is 11.9. The van der Waals surface area contributed by atoms with Crippen LogP contribution in [0.25, 0.3) is 0 Å². The topological polar surface area (TPSA) is 45.1 Å². The molecule has 16 heavy (non-hydrogen) atoms. The molecule has 1 N–H and O–H groups in total. The lowest BCUT2D eigenvalue weighted by molar-refractivity contribution is 0.261. The highest BCUT2D eigenvalue weighted by Crippen LogP contribution is 2.12. The van der Waals surface area contributed by atoms with Crippen LogP contribution in [0.5, 0.6) is 5.75 Å². The first kappa shape index (κ1) is 12.5. The molecule has 0 aromatic heterocycles. The van der Waals surface area contributed by atoms with Crippen LogP contribution in [0.15, 0.2) is 29.4 Å². The third kappa shape index (κ3) is 3.90. The lowest BCUT2D eigenvalue weighted by Gasteiger charge is -2.11. The molecule has 1 aromatic rings. The monoisotopic (exact) mass is 222 g/mol. The summed E-state index contributed by atoms with van der Waals surface area (Å²) >= 11 is 0. The Morgan fingerprint density at radius 3 is 2.44 bits per heavy atom. The summed E-state index contributed by atoms with van der Waals surface area (Å²) in [5.74, 6) is 0.830. The minimum absolute atomic E-state index is 0.597. The van der Waals surface area contributed by atoms with E-state index in [0.29, 0.717) is 12.3 Å². The second-order valence-electron chi connectivity index (χ2n) is 3.86. The number of likely N-dealkylation sites (N-methyl/N-ethyl adjacent to an activating group) is 1. The van der Waals surface area contributed by atoms with Crippen LogP contribution in [0.2, 0.25) is 0 Å². The highest BCUT2D eigenvalue weighted by atomic mass is 16.5. The zero-order chi connectivity index (χ0) is 12.0. The zero-order valence-corrected chi connectivity index (χ0v) is 9.97. The summed E-state index contributed by atoms with van der Waals surface area (Å²) in [6.07, 6.45) is 0. The van der Waals surface area contributed by atoms with Crippen LogP contribution < -0.4 is 4.74 Å². The van der Waals surface area contributed by atoms with E-state index in [9.17, 15) is 0 Å². The van der Waals surface area contributed by atoms with Gasteiger partial charge >= 0.3 is 0 Å². The summed E-state index contributed by atoms with van der Waals surface area (Å²) in [4.78, 5) is 2.07. The molecule has 0 bridgehead atoms. The fraction of sp³-hybridized carbons (Fsp3) is 0.417. The van der Waals surface area contributed by atoms with E-state index in [-0.39, 0.29) is 0 Å². The Morgan fingerprint density at radius 2 is 1.94 bits per heavy atom. The van der Waals surface area contributed by atoms with Gasteiger partial charge in [-0.1, -0.05) is 5.16 Å². The van der Waals surface area contributed by atoms with E-state index in [1.54, 1.807) is 6.92 Å². The molecule has 0 radical (unpaired) electrons. The average molecular weight is 222 g/mol. The van der Waals surface area contributed by atoms with E-state index in [1.165, 1.54) is 0 Å². The predicted molar refractivity (Wildman–Crippen MR) is 64.5 cm³/mol. The molecule has 0 spiro atoms. The molecule has 4 heteroatoms. The molecule has 0 saturated heterocycles. The summed E-state index contributed by atoms with van der Waals surface area (Å²) in [6.45, 7) is 3.31. The van der Waals surface area contributed by atoms with Gasteiger partial charge in [-0.2, -0.15) is 0 Å². The fourth-order valence-electron chi connectivity index (χ4n) is 1.20. The van der Waals surface area contributed by atoms with Gasteiger partial charge in [0.15, 0.2) is 0 Å². The number of ether oxygens (including phenoxy) is 1. The Bertz CT molecular complexity index is 345. The number of hydrogen-bond acceptors (Lipinski definition) is 4. The molecule has 1 rings (SSSR count). The maximum Gasteiger partial charge on any atom is 0.119 e. The third-order valence-electron chi connectivity index (χ3n) is 2.23. The van der Waals surface area contributed by atoms with Crippen LogP contribution in [0.3, 0.4) is 0 Å². The molecule has 0 fully saturated rings. The van der Waals surface area contributed by atoms with Crippen LogP contribution in [0.1, 0.15) is 12.5 Å². The van der Waals surface area contributed by atoms with Gasteiger partial charge in [0.05, 0.1) is 5.71 Å². The molecule has 88 valence electrons. The minimum atomic E-state index is 0.597. The van der Waals surface area contributed by atoms with Crippen LogP contribution in [0, 0.1) is 0 Å². The number of hydrogen-bond donors (Lipinski definition) is 1. The third-order valence-corrected chi connectivity index (χ3v) is 2.23. The Hall–Kier alpha value is -1.55. The smallest absolute Gasteiger partial charge is 0.119 e. The van der Waals surface area contributed by atoms with Crippen molar-refractivity contribution >= 4 is 5.71 Å². The maximum absolute atomic E-state index is 8.61. The van der Waals surface area contributed by atoms with E-state index in [1.807, 2.05) is 38.4 Å². The Morgan fingerprint density at radius 1 is 1.31 bits per heavy atom. The molecule has 0 atom stereocenters. The average Bonchev–Trinajstić information content (AvgIpc) is 2.28. The summed E-state index contributed by atoms with van der Waals surface area (Å²) in [5, 5.41) is 11.8. The Labute approximate surface area is 96.1 Å². The molecule has 0 aliphatic carbocycles. The van der Waals surface area contributed by atoms with E-state index in [2.05, 4.69) is 10.1 Å². The van der Waals surface area contributed by atoms with Crippen LogP contribution in [-0.4, -0.2) is 43.1 Å². The van der Waals surface area contributed by atoms with Crippen LogP contribution >= 0.6 is 0 Å². The molecule has 1 aromatic carbocycles. The molecule has 0 aliphatic rings. The minimum Gasteiger partial charge on any atom is -0.492 e. The van der Waals surface area contributed by atoms with Gasteiger partial charge in [0.1, 0.15) is 12.4 Å². The first-order chi connectivity index (χ1) is 7.63. The SMILES string of the molecule is C/C(=N/O)c1ccc(OCCN(C)C)cc1. The second kappa shape index (κ2) is 6.12. The molecule has 0 heterocycles. The largest absolute Gasteiger partial charge is 0.492 e. The molecule has 0 saturated carbocycles. The zero-order valence-electron chi connectivity index (χ0n) is 9.97. The van der Waals surface area contributed by atoms with Gasteiger partial charge in [-0.15, -0.1) is 0 Å². The molecule has 0 unspecified atom stereocenters. The molecule has 4 nitrogen and oxygen atoms in total. The predicted octanol–water partition coefficient (Wildman–Crippen LogP) is 1.83. The highest BCUT2D eigenvalue weighted by Gasteiger charge is 1.99. The summed E-state index contributed by atoms with van der Waals surface area (Å²) in [5.41, 5.74) is 1.49. The molecule has 0 amide bonds. The van der Waals surface area contributed by atoms with Gasteiger partial charge in [-0.25, -0.2) is 0 Å². The molecular formula is C12H18N2O2. The van der Waals surface area contributed by atoms with Gasteiger partial charge < -0.3 is 14.8 Å². The summed E-state index contributed by atoms with van der Waals surface area (Å²) in [6, 6.07) is 7.50. The molecular weight excluding hydrogens is 204 g/mol. The van der Waals surface area contributed by atoms with Gasteiger partial charge in [0.25, 0.3) is 0 Å².